The second kappa shape index (κ2) is 5.63. The van der Waals surface area contributed by atoms with Gasteiger partial charge in [-0.3, -0.25) is 0 Å². The van der Waals surface area contributed by atoms with Gasteiger partial charge in [-0.15, -0.1) is 0 Å². The van der Waals surface area contributed by atoms with E-state index in [0.717, 1.165) is 5.69 Å². The lowest BCUT2D eigenvalue weighted by Gasteiger charge is -2.10. The fraction of sp³-hybridized carbons (Fsp3) is 0.0714. The van der Waals surface area contributed by atoms with E-state index in [9.17, 15) is 4.79 Å². The molecule has 2 rings (SSSR count). The van der Waals surface area contributed by atoms with E-state index in [-0.39, 0.29) is 5.56 Å². The molecule has 0 spiro atoms. The summed E-state index contributed by atoms with van der Waals surface area (Å²) in [5.74, 6) is -0.291. The van der Waals surface area contributed by atoms with E-state index >= 15 is 0 Å². The van der Waals surface area contributed by atoms with Crippen LogP contribution in [0.4, 0.5) is 11.4 Å². The Hall–Kier alpha value is -2.20. The van der Waals surface area contributed by atoms with Crippen molar-refractivity contribution in [3.8, 4) is 5.75 Å². The molecule has 0 bridgehead atoms. The molecule has 0 heterocycles. The minimum atomic E-state index is -0.995. The molecule has 0 aliphatic carbocycles. The molecule has 0 amide bonds. The average Bonchev–Trinajstić information content (AvgIpc) is 2.41. The number of rotatable bonds is 4. The average molecular weight is 278 g/mol. The van der Waals surface area contributed by atoms with Crippen molar-refractivity contribution in [2.45, 2.75) is 0 Å². The van der Waals surface area contributed by atoms with Crippen LogP contribution in [0.3, 0.4) is 0 Å². The van der Waals surface area contributed by atoms with E-state index in [1.165, 1.54) is 12.1 Å². The van der Waals surface area contributed by atoms with Crippen molar-refractivity contribution in [2.24, 2.45) is 0 Å². The summed E-state index contributed by atoms with van der Waals surface area (Å²) in [6.45, 7) is 0. The van der Waals surface area contributed by atoms with Crippen molar-refractivity contribution in [2.75, 3.05) is 12.4 Å². The largest absolute Gasteiger partial charge is 0.497 e. The normalized spacial score (nSPS) is 10.0. The third kappa shape index (κ3) is 3.17. The Morgan fingerprint density at radius 1 is 1.26 bits per heavy atom. The van der Waals surface area contributed by atoms with E-state index in [2.05, 4.69) is 5.32 Å². The molecule has 0 saturated heterocycles. The summed E-state index contributed by atoms with van der Waals surface area (Å²) in [7, 11) is 1.58. The molecular formula is C14H12ClNO3. The summed E-state index contributed by atoms with van der Waals surface area (Å²) in [6, 6.07) is 11.8. The number of carboxylic acids is 1. The number of hydrogen-bond donors (Lipinski definition) is 2. The molecule has 2 aromatic carbocycles. The summed E-state index contributed by atoms with van der Waals surface area (Å²) < 4.78 is 5.12. The number of benzene rings is 2. The van der Waals surface area contributed by atoms with Crippen LogP contribution in [0.15, 0.2) is 42.5 Å². The Morgan fingerprint density at radius 2 is 2.05 bits per heavy atom. The number of carboxylic acid groups (broad SMARTS) is 1. The molecule has 4 nitrogen and oxygen atoms in total. The maximum absolute atomic E-state index is 10.9. The molecule has 2 N–H and O–H groups in total. The summed E-state index contributed by atoms with van der Waals surface area (Å²) in [5.41, 5.74) is 1.48. The van der Waals surface area contributed by atoms with Crippen LogP contribution in [0.1, 0.15) is 10.4 Å². The summed E-state index contributed by atoms with van der Waals surface area (Å²) in [5, 5.41) is 12.5. The van der Waals surface area contributed by atoms with E-state index in [1.807, 2.05) is 18.2 Å². The van der Waals surface area contributed by atoms with Crippen LogP contribution >= 0.6 is 11.6 Å². The van der Waals surface area contributed by atoms with Gasteiger partial charge in [0.15, 0.2) is 0 Å². The van der Waals surface area contributed by atoms with Gasteiger partial charge in [0.2, 0.25) is 0 Å². The summed E-state index contributed by atoms with van der Waals surface area (Å²) in [6.07, 6.45) is 0. The number of carbonyl (C=O) groups is 1. The van der Waals surface area contributed by atoms with Gasteiger partial charge in [0, 0.05) is 11.8 Å². The first kappa shape index (κ1) is 13.2. The Morgan fingerprint density at radius 3 is 2.74 bits per heavy atom. The van der Waals surface area contributed by atoms with E-state index in [1.54, 1.807) is 19.2 Å². The monoisotopic (exact) mass is 277 g/mol. The zero-order valence-electron chi connectivity index (χ0n) is 10.2. The number of anilines is 2. The van der Waals surface area contributed by atoms with Gasteiger partial charge in [0.05, 0.1) is 23.4 Å². The molecular weight excluding hydrogens is 266 g/mol. The number of halogens is 1. The number of methoxy groups -OCH3 is 1. The predicted octanol–water partition coefficient (Wildman–Crippen LogP) is 3.79. The maximum atomic E-state index is 10.9. The predicted molar refractivity (Wildman–Crippen MR) is 74.7 cm³/mol. The smallest absolute Gasteiger partial charge is 0.335 e. The van der Waals surface area contributed by atoms with Crippen LogP contribution < -0.4 is 10.1 Å². The number of ether oxygens (including phenoxy) is 1. The highest BCUT2D eigenvalue weighted by molar-refractivity contribution is 6.33. The maximum Gasteiger partial charge on any atom is 0.335 e. The molecule has 0 unspecified atom stereocenters. The molecule has 0 aromatic heterocycles. The highest BCUT2D eigenvalue weighted by Crippen LogP contribution is 2.28. The van der Waals surface area contributed by atoms with Crippen molar-refractivity contribution >= 4 is 28.9 Å². The highest BCUT2D eigenvalue weighted by atomic mass is 35.5. The molecule has 0 aliphatic rings. The van der Waals surface area contributed by atoms with Crippen LogP contribution in [0, 0.1) is 0 Å². The van der Waals surface area contributed by atoms with Gasteiger partial charge in [-0.1, -0.05) is 17.7 Å². The molecule has 98 valence electrons. The van der Waals surface area contributed by atoms with Crippen molar-refractivity contribution in [3.63, 3.8) is 0 Å². The van der Waals surface area contributed by atoms with E-state index in [0.29, 0.717) is 16.5 Å². The molecule has 0 atom stereocenters. The zero-order chi connectivity index (χ0) is 13.8. The number of aromatic carboxylic acids is 1. The zero-order valence-corrected chi connectivity index (χ0v) is 10.9. The van der Waals surface area contributed by atoms with Gasteiger partial charge in [-0.25, -0.2) is 4.79 Å². The summed E-state index contributed by atoms with van der Waals surface area (Å²) in [4.78, 5) is 10.9. The Balaban J connectivity index is 2.31. The molecule has 19 heavy (non-hydrogen) atoms. The van der Waals surface area contributed by atoms with Crippen molar-refractivity contribution in [1.82, 2.24) is 0 Å². The molecule has 0 saturated carbocycles. The lowest BCUT2D eigenvalue weighted by molar-refractivity contribution is 0.0697. The molecule has 0 fully saturated rings. The molecule has 0 radical (unpaired) electrons. The minimum Gasteiger partial charge on any atom is -0.497 e. The lowest BCUT2D eigenvalue weighted by atomic mass is 10.2. The van der Waals surface area contributed by atoms with Gasteiger partial charge < -0.3 is 15.2 Å². The SMILES string of the molecule is COc1cccc(Nc2cc(C(=O)O)ccc2Cl)c1. The first-order valence-corrected chi connectivity index (χ1v) is 5.92. The topological polar surface area (TPSA) is 58.6 Å². The van der Waals surface area contributed by atoms with Gasteiger partial charge in [0.25, 0.3) is 0 Å². The second-order valence-corrected chi connectivity index (χ2v) is 4.26. The quantitative estimate of drug-likeness (QED) is 0.893. The van der Waals surface area contributed by atoms with Crippen molar-refractivity contribution in [3.05, 3.63) is 53.1 Å². The van der Waals surface area contributed by atoms with E-state index < -0.39 is 5.97 Å². The fourth-order valence-electron chi connectivity index (χ4n) is 1.61. The van der Waals surface area contributed by atoms with Gasteiger partial charge in [-0.2, -0.15) is 0 Å². The standard InChI is InChI=1S/C14H12ClNO3/c1-19-11-4-2-3-10(8-11)16-13-7-9(14(17)18)5-6-12(13)15/h2-8,16H,1H3,(H,17,18). The van der Waals surface area contributed by atoms with Crippen LogP contribution in [0.2, 0.25) is 5.02 Å². The first-order valence-electron chi connectivity index (χ1n) is 5.54. The molecule has 5 heteroatoms. The first-order chi connectivity index (χ1) is 9.10. The Bertz CT molecular complexity index is 613. The minimum absolute atomic E-state index is 0.176. The number of hydrogen-bond acceptors (Lipinski definition) is 3. The second-order valence-electron chi connectivity index (χ2n) is 3.86. The van der Waals surface area contributed by atoms with Crippen molar-refractivity contribution in [1.29, 1.82) is 0 Å². The summed E-state index contributed by atoms with van der Waals surface area (Å²) >= 11 is 6.04. The highest BCUT2D eigenvalue weighted by Gasteiger charge is 2.07. The third-order valence-electron chi connectivity index (χ3n) is 2.56. The molecule has 0 aliphatic heterocycles. The lowest BCUT2D eigenvalue weighted by Crippen LogP contribution is -1.98. The van der Waals surface area contributed by atoms with E-state index in [4.69, 9.17) is 21.4 Å². The Kier molecular flexibility index (Phi) is 3.92. The number of nitrogens with one attached hydrogen (secondary N) is 1. The van der Waals surface area contributed by atoms with Crippen LogP contribution in [-0.4, -0.2) is 18.2 Å². The van der Waals surface area contributed by atoms with Crippen LogP contribution in [0.5, 0.6) is 5.75 Å². The van der Waals surface area contributed by atoms with Crippen LogP contribution in [-0.2, 0) is 0 Å². The Labute approximate surface area is 115 Å². The molecule has 2 aromatic rings. The van der Waals surface area contributed by atoms with Gasteiger partial charge in [-0.05, 0) is 30.3 Å². The van der Waals surface area contributed by atoms with Crippen LogP contribution in [0.25, 0.3) is 0 Å². The van der Waals surface area contributed by atoms with Gasteiger partial charge >= 0.3 is 5.97 Å². The van der Waals surface area contributed by atoms with Crippen molar-refractivity contribution < 1.29 is 14.6 Å². The fourth-order valence-corrected chi connectivity index (χ4v) is 1.78. The third-order valence-corrected chi connectivity index (χ3v) is 2.89. The van der Waals surface area contributed by atoms with Gasteiger partial charge in [0.1, 0.15) is 5.75 Å².